The van der Waals surface area contributed by atoms with Gasteiger partial charge in [0.1, 0.15) is 5.75 Å². The third-order valence-electron chi connectivity index (χ3n) is 5.45. The van der Waals surface area contributed by atoms with Crippen molar-refractivity contribution >= 4 is 5.91 Å². The van der Waals surface area contributed by atoms with Crippen molar-refractivity contribution in [1.82, 2.24) is 15.0 Å². The Balaban J connectivity index is 1.39. The molecule has 156 valence electrons. The molecule has 6 heteroatoms. The number of nitrogens with zero attached hydrogens (tertiary/aromatic N) is 3. The van der Waals surface area contributed by atoms with Crippen molar-refractivity contribution < 1.29 is 14.1 Å². The normalized spacial score (nSPS) is 17.3. The number of carbonyl (C=O) groups is 1. The minimum Gasteiger partial charge on any atom is -0.494 e. The second kappa shape index (κ2) is 9.11. The van der Waals surface area contributed by atoms with E-state index in [4.69, 9.17) is 9.26 Å². The van der Waals surface area contributed by atoms with Crippen molar-refractivity contribution in [3.63, 3.8) is 0 Å². The second-order valence-electron chi connectivity index (χ2n) is 7.84. The number of ether oxygens (including phenoxy) is 1. The topological polar surface area (TPSA) is 68.5 Å². The van der Waals surface area contributed by atoms with Gasteiger partial charge in [0.05, 0.1) is 12.5 Å². The lowest BCUT2D eigenvalue weighted by molar-refractivity contribution is -0.127. The molecule has 6 nitrogen and oxygen atoms in total. The van der Waals surface area contributed by atoms with Gasteiger partial charge in [-0.2, -0.15) is 4.98 Å². The first-order valence-corrected chi connectivity index (χ1v) is 10.5. The van der Waals surface area contributed by atoms with E-state index < -0.39 is 0 Å². The summed E-state index contributed by atoms with van der Waals surface area (Å²) in [4.78, 5) is 19.0. The highest BCUT2D eigenvalue weighted by atomic mass is 16.5. The molecule has 1 amide bonds. The fourth-order valence-corrected chi connectivity index (χ4v) is 3.77. The molecular formula is C24H27N3O3. The number of benzene rings is 2. The third kappa shape index (κ3) is 4.53. The highest BCUT2D eigenvalue weighted by Gasteiger charge is 2.35. The summed E-state index contributed by atoms with van der Waals surface area (Å²) in [6.07, 6.45) is 1.38. The molecule has 0 N–H and O–H groups in total. The summed E-state index contributed by atoms with van der Waals surface area (Å²) in [7, 11) is 0. The fraction of sp³-hybridized carbons (Fsp3) is 0.375. The van der Waals surface area contributed by atoms with E-state index >= 15 is 0 Å². The average molecular weight is 405 g/mol. The quantitative estimate of drug-likeness (QED) is 0.546. The molecule has 1 aliphatic heterocycles. The summed E-state index contributed by atoms with van der Waals surface area (Å²) < 4.78 is 11.1. The summed E-state index contributed by atoms with van der Waals surface area (Å²) in [5.41, 5.74) is 2.10. The Hall–Kier alpha value is -3.15. The molecule has 1 fully saturated rings. The van der Waals surface area contributed by atoms with E-state index in [9.17, 15) is 4.79 Å². The van der Waals surface area contributed by atoms with Crippen LogP contribution in [0, 0.1) is 0 Å². The van der Waals surface area contributed by atoms with Crippen molar-refractivity contribution in [2.45, 2.75) is 38.5 Å². The number of likely N-dealkylation sites (tertiary alicyclic amines) is 1. The van der Waals surface area contributed by atoms with Crippen LogP contribution in [0.25, 0.3) is 11.4 Å². The van der Waals surface area contributed by atoms with Crippen molar-refractivity contribution in [1.29, 1.82) is 0 Å². The van der Waals surface area contributed by atoms with Gasteiger partial charge in [0, 0.05) is 25.1 Å². The van der Waals surface area contributed by atoms with Gasteiger partial charge in [0.15, 0.2) is 0 Å². The molecule has 2 heterocycles. The molecule has 0 spiro atoms. The van der Waals surface area contributed by atoms with Crippen LogP contribution >= 0.6 is 0 Å². The van der Waals surface area contributed by atoms with Gasteiger partial charge in [-0.05, 0) is 42.2 Å². The molecular weight excluding hydrogens is 378 g/mol. The monoisotopic (exact) mass is 405 g/mol. The molecule has 0 saturated carbocycles. The lowest BCUT2D eigenvalue weighted by atomic mass is 10.0. The van der Waals surface area contributed by atoms with Gasteiger partial charge in [-0.1, -0.05) is 49.3 Å². The minimum atomic E-state index is -0.0612. The van der Waals surface area contributed by atoms with Crippen molar-refractivity contribution in [3.05, 3.63) is 66.1 Å². The van der Waals surface area contributed by atoms with E-state index in [1.165, 1.54) is 5.56 Å². The molecule has 0 bridgehead atoms. The van der Waals surface area contributed by atoms with Crippen LogP contribution in [0.3, 0.4) is 0 Å². The van der Waals surface area contributed by atoms with E-state index in [0.717, 1.165) is 17.7 Å². The summed E-state index contributed by atoms with van der Waals surface area (Å²) in [6, 6.07) is 17.9. The largest absolute Gasteiger partial charge is 0.494 e. The van der Waals surface area contributed by atoms with Gasteiger partial charge >= 0.3 is 0 Å². The number of carbonyl (C=O) groups excluding carboxylic acids is 1. The number of rotatable bonds is 8. The fourth-order valence-electron chi connectivity index (χ4n) is 3.77. The number of amides is 1. The Kier molecular flexibility index (Phi) is 6.12. The van der Waals surface area contributed by atoms with Crippen LogP contribution in [0.1, 0.15) is 50.0 Å². The molecule has 1 aromatic heterocycles. The van der Waals surface area contributed by atoms with Crippen molar-refractivity contribution in [3.8, 4) is 17.1 Å². The Labute approximate surface area is 176 Å². The Morgan fingerprint density at radius 1 is 1.17 bits per heavy atom. The highest BCUT2D eigenvalue weighted by Crippen LogP contribution is 2.30. The van der Waals surface area contributed by atoms with E-state index in [2.05, 4.69) is 36.1 Å². The van der Waals surface area contributed by atoms with Crippen LogP contribution in [0.5, 0.6) is 5.75 Å². The molecule has 0 aliphatic carbocycles. The summed E-state index contributed by atoms with van der Waals surface area (Å²) in [5, 5.41) is 4.12. The summed E-state index contributed by atoms with van der Waals surface area (Å²) in [5.74, 6) is 2.25. The van der Waals surface area contributed by atoms with Crippen LogP contribution in [0.15, 0.2) is 59.1 Å². The molecule has 2 aromatic carbocycles. The van der Waals surface area contributed by atoms with Gasteiger partial charge in [-0.3, -0.25) is 4.79 Å². The molecule has 3 aromatic rings. The van der Waals surface area contributed by atoms with Gasteiger partial charge in [0.25, 0.3) is 0 Å². The molecule has 2 unspecified atom stereocenters. The maximum atomic E-state index is 12.5. The lowest BCUT2D eigenvalue weighted by Crippen LogP contribution is -2.29. The average Bonchev–Trinajstić information content (AvgIpc) is 3.40. The maximum absolute atomic E-state index is 12.5. The smallest absolute Gasteiger partial charge is 0.232 e. The summed E-state index contributed by atoms with van der Waals surface area (Å²) in [6.45, 7) is 6.23. The second-order valence-corrected chi connectivity index (χ2v) is 7.84. The minimum absolute atomic E-state index is 0.0612. The van der Waals surface area contributed by atoms with E-state index in [0.29, 0.717) is 37.8 Å². The molecule has 30 heavy (non-hydrogen) atoms. The van der Waals surface area contributed by atoms with E-state index in [-0.39, 0.29) is 17.7 Å². The first kappa shape index (κ1) is 20.1. The zero-order chi connectivity index (χ0) is 20.9. The Morgan fingerprint density at radius 3 is 2.67 bits per heavy atom. The third-order valence-corrected chi connectivity index (χ3v) is 5.45. The molecule has 2 atom stereocenters. The number of hydrogen-bond acceptors (Lipinski definition) is 5. The van der Waals surface area contributed by atoms with Gasteiger partial charge < -0.3 is 14.2 Å². The molecule has 1 aliphatic rings. The van der Waals surface area contributed by atoms with Crippen LogP contribution in [0.2, 0.25) is 0 Å². The van der Waals surface area contributed by atoms with Crippen molar-refractivity contribution in [2.24, 2.45) is 0 Å². The van der Waals surface area contributed by atoms with E-state index in [1.807, 2.05) is 47.4 Å². The zero-order valence-corrected chi connectivity index (χ0v) is 17.5. The highest BCUT2D eigenvalue weighted by molar-refractivity contribution is 5.79. The number of hydrogen-bond donors (Lipinski definition) is 0. The SMILES string of the molecule is CCCOc1ccc(-c2noc(C3CC(=O)N(CC(C)c4ccccc4)C3)n2)cc1. The lowest BCUT2D eigenvalue weighted by Gasteiger charge is -2.21. The van der Waals surface area contributed by atoms with E-state index in [1.54, 1.807) is 0 Å². The molecule has 0 radical (unpaired) electrons. The Morgan fingerprint density at radius 2 is 1.93 bits per heavy atom. The van der Waals surface area contributed by atoms with Gasteiger partial charge in [0.2, 0.25) is 17.6 Å². The molecule has 1 saturated heterocycles. The predicted molar refractivity (Wildman–Crippen MR) is 114 cm³/mol. The zero-order valence-electron chi connectivity index (χ0n) is 17.5. The molecule has 4 rings (SSSR count). The van der Waals surface area contributed by atoms with Gasteiger partial charge in [-0.25, -0.2) is 0 Å². The number of aromatic nitrogens is 2. The first-order valence-electron chi connectivity index (χ1n) is 10.5. The van der Waals surface area contributed by atoms with Crippen LogP contribution < -0.4 is 4.74 Å². The summed E-state index contributed by atoms with van der Waals surface area (Å²) >= 11 is 0. The maximum Gasteiger partial charge on any atom is 0.232 e. The van der Waals surface area contributed by atoms with Gasteiger partial charge in [-0.15, -0.1) is 0 Å². The van der Waals surface area contributed by atoms with Crippen LogP contribution in [0.4, 0.5) is 0 Å². The standard InChI is InChI=1S/C24H27N3O3/c1-3-13-29-21-11-9-19(10-12-21)23-25-24(30-26-23)20-14-22(28)27(16-20)15-17(2)18-7-5-4-6-8-18/h4-12,17,20H,3,13-16H2,1-2H3. The van der Waals surface area contributed by atoms with Crippen LogP contribution in [-0.2, 0) is 4.79 Å². The first-order chi connectivity index (χ1) is 14.6. The van der Waals surface area contributed by atoms with Crippen LogP contribution in [-0.4, -0.2) is 40.6 Å². The van der Waals surface area contributed by atoms with Crippen molar-refractivity contribution in [2.75, 3.05) is 19.7 Å². The Bertz CT molecular complexity index is 969. The predicted octanol–water partition coefficient (Wildman–Crippen LogP) is 4.65.